The second kappa shape index (κ2) is 7.46. The highest BCUT2D eigenvalue weighted by molar-refractivity contribution is 5.73. The van der Waals surface area contributed by atoms with E-state index in [0.29, 0.717) is 16.9 Å². The average molecular weight is 421 g/mol. The fourth-order valence-electron chi connectivity index (χ4n) is 8.56. The topological polar surface area (TPSA) is 33.2 Å². The van der Waals surface area contributed by atoms with Crippen LogP contribution in [0.1, 0.15) is 83.3 Å². The van der Waals surface area contributed by atoms with Crippen LogP contribution in [0.3, 0.4) is 0 Å². The van der Waals surface area contributed by atoms with Gasteiger partial charge >= 0.3 is 0 Å². The zero-order valence-electron chi connectivity index (χ0n) is 20.2. The van der Waals surface area contributed by atoms with Crippen molar-refractivity contribution >= 4 is 11.5 Å². The fourth-order valence-corrected chi connectivity index (χ4v) is 8.56. The Bertz CT molecular complexity index is 906. The van der Waals surface area contributed by atoms with Gasteiger partial charge in [0.15, 0.2) is 0 Å². The first kappa shape index (κ1) is 21.2. The zero-order chi connectivity index (χ0) is 22.0. The summed E-state index contributed by atoms with van der Waals surface area (Å²) >= 11 is 0. The van der Waals surface area contributed by atoms with Gasteiger partial charge in [-0.3, -0.25) is 9.78 Å². The average Bonchev–Trinajstić information content (AvgIpc) is 3.10. The van der Waals surface area contributed by atoms with Gasteiger partial charge in [0.1, 0.15) is 0 Å². The van der Waals surface area contributed by atoms with Gasteiger partial charge < -0.3 is 4.90 Å². The predicted octanol–water partition coefficient (Wildman–Crippen LogP) is 6.27. The lowest BCUT2D eigenvalue weighted by Gasteiger charge is -2.61. The summed E-state index contributed by atoms with van der Waals surface area (Å²) in [7, 11) is 2.01. The van der Waals surface area contributed by atoms with Gasteiger partial charge in [0.2, 0.25) is 5.91 Å². The first-order valence-electron chi connectivity index (χ1n) is 12.6. The molecule has 0 spiro atoms. The molecule has 4 aliphatic rings. The van der Waals surface area contributed by atoms with Crippen molar-refractivity contribution in [3.8, 4) is 0 Å². The Hall–Kier alpha value is -1.64. The molecule has 0 N–H and O–H groups in total. The molecule has 3 nitrogen and oxygen atoms in total. The second-order valence-corrected chi connectivity index (χ2v) is 11.8. The molecule has 0 aromatic carbocycles. The number of aromatic nitrogens is 1. The Balaban J connectivity index is 1.37. The van der Waals surface area contributed by atoms with Gasteiger partial charge in [-0.2, -0.15) is 0 Å². The smallest absolute Gasteiger partial charge is 0.219 e. The molecule has 3 fully saturated rings. The molecule has 3 heteroatoms. The lowest BCUT2D eigenvalue weighted by Crippen LogP contribution is -2.55. The maximum Gasteiger partial charge on any atom is 0.219 e. The highest BCUT2D eigenvalue weighted by Gasteiger charge is 2.58. The number of hydrogen-bond donors (Lipinski definition) is 0. The van der Waals surface area contributed by atoms with Crippen LogP contribution in [0.2, 0.25) is 0 Å². The van der Waals surface area contributed by atoms with Gasteiger partial charge in [-0.15, -0.1) is 0 Å². The van der Waals surface area contributed by atoms with Crippen molar-refractivity contribution in [1.82, 2.24) is 9.88 Å². The fraction of sp³-hybridized carbons (Fsp3) is 0.714. The number of hydrogen-bond acceptors (Lipinski definition) is 2. The van der Waals surface area contributed by atoms with Crippen LogP contribution < -0.4 is 0 Å². The van der Waals surface area contributed by atoms with E-state index in [1.165, 1.54) is 62.5 Å². The summed E-state index contributed by atoms with van der Waals surface area (Å²) in [5, 5.41) is 0. The van der Waals surface area contributed by atoms with Crippen LogP contribution in [-0.2, 0) is 4.79 Å². The molecule has 5 rings (SSSR count). The summed E-state index contributed by atoms with van der Waals surface area (Å²) in [6, 6.07) is 2.79. The summed E-state index contributed by atoms with van der Waals surface area (Å²) in [4.78, 5) is 18.5. The van der Waals surface area contributed by atoms with Crippen molar-refractivity contribution in [2.24, 2.45) is 34.5 Å². The van der Waals surface area contributed by atoms with Gasteiger partial charge in [0.25, 0.3) is 0 Å². The standard InChI is InChI=1S/C28H40N2O/c1-18-14-20(17-29-16-18)24-8-9-25-23-7-6-21-15-22(30(5)19(2)31)10-12-27(21,3)26(23)11-13-28(24,25)4/h8,14,16-17,21-23,25-26H,6-7,9-13,15H2,1-5H3. The first-order valence-corrected chi connectivity index (χ1v) is 12.6. The highest BCUT2D eigenvalue weighted by Crippen LogP contribution is 2.67. The molecule has 0 radical (unpaired) electrons. The van der Waals surface area contributed by atoms with Crippen molar-refractivity contribution < 1.29 is 4.79 Å². The summed E-state index contributed by atoms with van der Waals surface area (Å²) in [6.07, 6.45) is 17.0. The minimum absolute atomic E-state index is 0.228. The van der Waals surface area contributed by atoms with Crippen LogP contribution in [0.15, 0.2) is 24.5 Å². The molecule has 1 amide bonds. The third-order valence-electron chi connectivity index (χ3n) is 10.4. The normalized spacial score (nSPS) is 41.6. The number of aryl methyl sites for hydroxylation is 1. The van der Waals surface area contributed by atoms with E-state index in [0.717, 1.165) is 23.7 Å². The molecule has 7 atom stereocenters. The molecule has 7 unspecified atom stereocenters. The summed E-state index contributed by atoms with van der Waals surface area (Å²) in [5.74, 6) is 3.52. The van der Waals surface area contributed by atoms with Crippen LogP contribution in [-0.4, -0.2) is 28.9 Å². The molecule has 3 saturated carbocycles. The zero-order valence-corrected chi connectivity index (χ0v) is 20.2. The van der Waals surface area contributed by atoms with E-state index in [4.69, 9.17) is 0 Å². The number of pyridine rings is 1. The molecule has 168 valence electrons. The molecule has 1 heterocycles. The van der Waals surface area contributed by atoms with Crippen LogP contribution >= 0.6 is 0 Å². The van der Waals surface area contributed by atoms with E-state index < -0.39 is 0 Å². The molecule has 1 aromatic heterocycles. The third kappa shape index (κ3) is 3.21. The van der Waals surface area contributed by atoms with Crippen molar-refractivity contribution in [2.45, 2.75) is 85.1 Å². The number of nitrogens with zero attached hydrogens (tertiary/aromatic N) is 2. The van der Waals surface area contributed by atoms with Crippen molar-refractivity contribution in [3.05, 3.63) is 35.7 Å². The van der Waals surface area contributed by atoms with Crippen molar-refractivity contribution in [1.29, 1.82) is 0 Å². The molecule has 0 saturated heterocycles. The third-order valence-corrected chi connectivity index (χ3v) is 10.4. The number of fused-ring (bicyclic) bond motifs is 5. The van der Waals surface area contributed by atoms with Crippen LogP contribution in [0, 0.1) is 41.4 Å². The number of amides is 1. The Labute approximate surface area is 188 Å². The van der Waals surface area contributed by atoms with E-state index in [2.05, 4.69) is 44.1 Å². The largest absolute Gasteiger partial charge is 0.343 e. The minimum atomic E-state index is 0.228. The summed E-state index contributed by atoms with van der Waals surface area (Å²) in [5.41, 5.74) is 4.97. The Kier molecular flexibility index (Phi) is 5.10. The van der Waals surface area contributed by atoms with E-state index in [1.807, 2.05) is 18.1 Å². The lowest BCUT2D eigenvalue weighted by molar-refractivity contribution is -0.136. The molecule has 4 aliphatic carbocycles. The van der Waals surface area contributed by atoms with Gasteiger partial charge in [-0.05, 0) is 116 Å². The van der Waals surface area contributed by atoms with Crippen LogP contribution in [0.25, 0.3) is 5.57 Å². The van der Waals surface area contributed by atoms with E-state index in [1.54, 1.807) is 12.5 Å². The monoisotopic (exact) mass is 420 g/mol. The summed E-state index contributed by atoms with van der Waals surface area (Å²) in [6.45, 7) is 9.06. The summed E-state index contributed by atoms with van der Waals surface area (Å²) < 4.78 is 0. The van der Waals surface area contributed by atoms with Gasteiger partial charge in [0.05, 0.1) is 0 Å². The maximum absolute atomic E-state index is 12.0. The Morgan fingerprint density at radius 1 is 1.10 bits per heavy atom. The highest BCUT2D eigenvalue weighted by atomic mass is 16.2. The molecular weight excluding hydrogens is 380 g/mol. The maximum atomic E-state index is 12.0. The molecule has 1 aromatic rings. The number of allylic oxidation sites excluding steroid dienone is 2. The first-order chi connectivity index (χ1) is 14.7. The van der Waals surface area contributed by atoms with Gasteiger partial charge in [0, 0.05) is 32.4 Å². The van der Waals surface area contributed by atoms with E-state index >= 15 is 0 Å². The van der Waals surface area contributed by atoms with Gasteiger partial charge in [-0.1, -0.05) is 19.9 Å². The van der Waals surface area contributed by atoms with Crippen LogP contribution in [0.4, 0.5) is 0 Å². The number of carbonyl (C=O) groups excluding carboxylic acids is 1. The quantitative estimate of drug-likeness (QED) is 0.565. The van der Waals surface area contributed by atoms with Gasteiger partial charge in [-0.25, -0.2) is 0 Å². The molecule has 0 aliphatic heterocycles. The Morgan fingerprint density at radius 3 is 2.65 bits per heavy atom. The number of carbonyl (C=O) groups is 1. The van der Waals surface area contributed by atoms with Crippen LogP contribution in [0.5, 0.6) is 0 Å². The van der Waals surface area contributed by atoms with Crippen molar-refractivity contribution in [2.75, 3.05) is 7.05 Å². The molecular formula is C28H40N2O. The van der Waals surface area contributed by atoms with E-state index in [-0.39, 0.29) is 5.91 Å². The van der Waals surface area contributed by atoms with Crippen molar-refractivity contribution in [3.63, 3.8) is 0 Å². The lowest BCUT2D eigenvalue weighted by atomic mass is 9.44. The molecule has 31 heavy (non-hydrogen) atoms. The Morgan fingerprint density at radius 2 is 1.90 bits per heavy atom. The predicted molar refractivity (Wildman–Crippen MR) is 126 cm³/mol. The second-order valence-electron chi connectivity index (χ2n) is 11.8. The SMILES string of the molecule is CC(=O)N(C)C1CCC2(C)C(CCC3C4CC=C(c5cncc(C)c5)C4(C)CCC32)C1. The minimum Gasteiger partial charge on any atom is -0.343 e. The number of rotatable bonds is 2. The van der Waals surface area contributed by atoms with E-state index in [9.17, 15) is 4.79 Å². The molecule has 0 bridgehead atoms.